The zero-order chi connectivity index (χ0) is 22.3. The van der Waals surface area contributed by atoms with E-state index in [-0.39, 0.29) is 36.6 Å². The van der Waals surface area contributed by atoms with Gasteiger partial charge in [0.1, 0.15) is 11.9 Å². The second-order valence-electron chi connectivity index (χ2n) is 7.30. The first kappa shape index (κ1) is 24.2. The first-order chi connectivity index (χ1) is 14.2. The van der Waals surface area contributed by atoms with Crippen LogP contribution in [-0.4, -0.2) is 28.8 Å². The summed E-state index contributed by atoms with van der Waals surface area (Å²) in [5, 5.41) is 3.89. The lowest BCUT2D eigenvalue weighted by atomic mass is 10.1. The SMILES string of the molecule is CCC(C)NC(=O)C(CC)N(Cc1ccc(Cl)cc1Cl)C(=O)Cc1ccc(F)cc1. The maximum absolute atomic E-state index is 13.2. The molecule has 0 aliphatic carbocycles. The first-order valence-corrected chi connectivity index (χ1v) is 10.8. The Bertz CT molecular complexity index is 874. The molecule has 0 saturated carbocycles. The third kappa shape index (κ3) is 6.71. The van der Waals surface area contributed by atoms with E-state index in [1.165, 1.54) is 17.0 Å². The van der Waals surface area contributed by atoms with Crippen molar-refractivity contribution in [3.05, 3.63) is 69.5 Å². The number of hydrogen-bond acceptors (Lipinski definition) is 2. The van der Waals surface area contributed by atoms with E-state index in [0.717, 1.165) is 6.42 Å². The molecule has 0 heterocycles. The summed E-state index contributed by atoms with van der Waals surface area (Å²) in [4.78, 5) is 27.7. The Morgan fingerprint density at radius 2 is 1.73 bits per heavy atom. The van der Waals surface area contributed by atoms with Crippen LogP contribution in [0.15, 0.2) is 42.5 Å². The fourth-order valence-corrected chi connectivity index (χ4v) is 3.54. The smallest absolute Gasteiger partial charge is 0.243 e. The van der Waals surface area contributed by atoms with Gasteiger partial charge in [-0.3, -0.25) is 9.59 Å². The molecule has 0 aliphatic heterocycles. The van der Waals surface area contributed by atoms with E-state index in [2.05, 4.69) is 5.32 Å². The minimum atomic E-state index is -0.654. The number of benzene rings is 2. The van der Waals surface area contributed by atoms with E-state index in [1.807, 2.05) is 20.8 Å². The molecule has 4 nitrogen and oxygen atoms in total. The molecule has 0 aliphatic rings. The van der Waals surface area contributed by atoms with E-state index in [9.17, 15) is 14.0 Å². The van der Waals surface area contributed by atoms with E-state index >= 15 is 0 Å². The predicted molar refractivity (Wildman–Crippen MR) is 119 cm³/mol. The molecule has 2 amide bonds. The Hall–Kier alpha value is -2.11. The molecule has 0 aromatic heterocycles. The fraction of sp³-hybridized carbons (Fsp3) is 0.391. The Morgan fingerprint density at radius 1 is 1.07 bits per heavy atom. The predicted octanol–water partition coefficient (Wildman–Crippen LogP) is 5.40. The number of amides is 2. The highest BCUT2D eigenvalue weighted by atomic mass is 35.5. The summed E-state index contributed by atoms with van der Waals surface area (Å²) in [5.41, 5.74) is 1.37. The topological polar surface area (TPSA) is 49.4 Å². The van der Waals surface area contributed by atoms with Crippen molar-refractivity contribution in [3.8, 4) is 0 Å². The molecule has 0 bridgehead atoms. The molecular formula is C23H27Cl2FN2O2. The van der Waals surface area contributed by atoms with Gasteiger partial charge < -0.3 is 10.2 Å². The average Bonchev–Trinajstić information content (AvgIpc) is 2.70. The van der Waals surface area contributed by atoms with Crippen LogP contribution in [0.2, 0.25) is 10.0 Å². The molecular weight excluding hydrogens is 426 g/mol. The van der Waals surface area contributed by atoms with Gasteiger partial charge in [-0.2, -0.15) is 0 Å². The van der Waals surface area contributed by atoms with Crippen molar-refractivity contribution in [1.82, 2.24) is 10.2 Å². The van der Waals surface area contributed by atoms with E-state index in [4.69, 9.17) is 23.2 Å². The Kier molecular flexibility index (Phi) is 9.12. The van der Waals surface area contributed by atoms with Crippen molar-refractivity contribution >= 4 is 35.0 Å². The van der Waals surface area contributed by atoms with Crippen LogP contribution >= 0.6 is 23.2 Å². The summed E-state index contributed by atoms with van der Waals surface area (Å²) in [5.74, 6) is -0.807. The first-order valence-electron chi connectivity index (χ1n) is 10.0. The quantitative estimate of drug-likeness (QED) is 0.553. The van der Waals surface area contributed by atoms with Crippen LogP contribution in [0.25, 0.3) is 0 Å². The highest BCUT2D eigenvalue weighted by Crippen LogP contribution is 2.24. The fourth-order valence-electron chi connectivity index (χ4n) is 3.07. The molecule has 7 heteroatoms. The Morgan fingerprint density at radius 3 is 2.30 bits per heavy atom. The molecule has 0 radical (unpaired) electrons. The number of carbonyl (C=O) groups excluding carboxylic acids is 2. The zero-order valence-electron chi connectivity index (χ0n) is 17.4. The van der Waals surface area contributed by atoms with Gasteiger partial charge in [-0.05, 0) is 55.2 Å². The number of nitrogens with one attached hydrogen (secondary N) is 1. The van der Waals surface area contributed by atoms with Crippen molar-refractivity contribution in [2.45, 2.75) is 58.7 Å². The lowest BCUT2D eigenvalue weighted by Crippen LogP contribution is -2.51. The zero-order valence-corrected chi connectivity index (χ0v) is 18.9. The number of nitrogens with zero attached hydrogens (tertiary/aromatic N) is 1. The molecule has 2 atom stereocenters. The van der Waals surface area contributed by atoms with Gasteiger partial charge in [0.15, 0.2) is 0 Å². The molecule has 30 heavy (non-hydrogen) atoms. The summed E-state index contributed by atoms with van der Waals surface area (Å²) in [6.45, 7) is 5.94. The van der Waals surface area contributed by atoms with E-state index in [1.54, 1.807) is 30.3 Å². The minimum Gasteiger partial charge on any atom is -0.352 e. The van der Waals surface area contributed by atoms with Crippen LogP contribution in [0, 0.1) is 5.82 Å². The van der Waals surface area contributed by atoms with Crippen molar-refractivity contribution in [3.63, 3.8) is 0 Å². The molecule has 1 N–H and O–H groups in total. The molecule has 0 fully saturated rings. The maximum atomic E-state index is 13.2. The van der Waals surface area contributed by atoms with Gasteiger partial charge in [0.25, 0.3) is 0 Å². The summed E-state index contributed by atoms with van der Waals surface area (Å²) in [7, 11) is 0. The average molecular weight is 453 g/mol. The lowest BCUT2D eigenvalue weighted by Gasteiger charge is -2.32. The Labute approximate surface area is 187 Å². The maximum Gasteiger partial charge on any atom is 0.243 e. The third-order valence-corrected chi connectivity index (χ3v) is 5.60. The number of carbonyl (C=O) groups is 2. The van der Waals surface area contributed by atoms with Crippen LogP contribution in [0.4, 0.5) is 4.39 Å². The van der Waals surface area contributed by atoms with Gasteiger partial charge in [-0.15, -0.1) is 0 Å². The number of hydrogen-bond donors (Lipinski definition) is 1. The summed E-state index contributed by atoms with van der Waals surface area (Å²) >= 11 is 12.3. The van der Waals surface area contributed by atoms with Crippen molar-refractivity contribution in [2.75, 3.05) is 0 Å². The molecule has 2 unspecified atom stereocenters. The van der Waals surface area contributed by atoms with Crippen molar-refractivity contribution < 1.29 is 14.0 Å². The lowest BCUT2D eigenvalue weighted by molar-refractivity contribution is -0.141. The monoisotopic (exact) mass is 452 g/mol. The van der Waals surface area contributed by atoms with Gasteiger partial charge in [-0.1, -0.05) is 55.2 Å². The van der Waals surface area contributed by atoms with Crippen LogP contribution in [0.5, 0.6) is 0 Å². The van der Waals surface area contributed by atoms with Gasteiger partial charge in [0.2, 0.25) is 11.8 Å². The standard InChI is InChI=1S/C23H27Cl2FN2O2/c1-4-15(3)27-23(30)21(5-2)28(14-17-8-9-18(24)13-20(17)25)22(29)12-16-6-10-19(26)11-7-16/h6-11,13,15,21H,4-5,12,14H2,1-3H3,(H,27,30). The third-order valence-electron chi connectivity index (χ3n) is 5.01. The summed E-state index contributed by atoms with van der Waals surface area (Å²) in [6.07, 6.45) is 1.29. The van der Waals surface area contributed by atoms with Crippen LogP contribution in [0.1, 0.15) is 44.7 Å². The Balaban J connectivity index is 2.32. The van der Waals surface area contributed by atoms with Gasteiger partial charge in [0, 0.05) is 22.6 Å². The summed E-state index contributed by atoms with van der Waals surface area (Å²) < 4.78 is 13.2. The van der Waals surface area contributed by atoms with Gasteiger partial charge >= 0.3 is 0 Å². The number of halogens is 3. The highest BCUT2D eigenvalue weighted by Gasteiger charge is 2.29. The summed E-state index contributed by atoms with van der Waals surface area (Å²) in [6, 6.07) is 10.2. The van der Waals surface area contributed by atoms with Crippen LogP contribution in [0.3, 0.4) is 0 Å². The largest absolute Gasteiger partial charge is 0.352 e. The van der Waals surface area contributed by atoms with Crippen molar-refractivity contribution in [1.29, 1.82) is 0 Å². The molecule has 162 valence electrons. The van der Waals surface area contributed by atoms with E-state index in [0.29, 0.717) is 27.6 Å². The second kappa shape index (κ2) is 11.3. The molecule has 2 rings (SSSR count). The van der Waals surface area contributed by atoms with Crippen molar-refractivity contribution in [2.24, 2.45) is 0 Å². The number of rotatable bonds is 9. The van der Waals surface area contributed by atoms with Gasteiger partial charge in [-0.25, -0.2) is 4.39 Å². The minimum absolute atomic E-state index is 0.000259. The second-order valence-corrected chi connectivity index (χ2v) is 8.15. The van der Waals surface area contributed by atoms with Crippen LogP contribution in [-0.2, 0) is 22.6 Å². The van der Waals surface area contributed by atoms with Crippen LogP contribution < -0.4 is 5.32 Å². The molecule has 0 saturated heterocycles. The molecule has 2 aromatic rings. The molecule has 0 spiro atoms. The normalized spacial score (nSPS) is 12.9. The highest BCUT2D eigenvalue weighted by molar-refractivity contribution is 6.35. The molecule has 2 aromatic carbocycles. The van der Waals surface area contributed by atoms with Gasteiger partial charge in [0.05, 0.1) is 6.42 Å². The van der Waals surface area contributed by atoms with E-state index < -0.39 is 6.04 Å².